The van der Waals surface area contributed by atoms with Crippen molar-refractivity contribution in [3.63, 3.8) is 0 Å². The van der Waals surface area contributed by atoms with E-state index in [0.717, 1.165) is 24.4 Å². The van der Waals surface area contributed by atoms with E-state index in [-0.39, 0.29) is 23.8 Å². The van der Waals surface area contributed by atoms with E-state index in [2.05, 4.69) is 0 Å². The van der Waals surface area contributed by atoms with Crippen molar-refractivity contribution in [2.75, 3.05) is 26.7 Å². The quantitative estimate of drug-likeness (QED) is 0.908. The van der Waals surface area contributed by atoms with Gasteiger partial charge in [0.25, 0.3) is 0 Å². The van der Waals surface area contributed by atoms with E-state index >= 15 is 0 Å². The molecule has 2 aliphatic rings. The molecular weight excluding hydrogens is 286 g/mol. The van der Waals surface area contributed by atoms with Crippen LogP contribution in [-0.2, 0) is 9.59 Å². The standard InChI is InChI=1S/C15H21N3O2S/c1-17-13(19)7-11(14(17)12-3-2-6-21-12)15(20)18-5-4-10(8-16)9-18/h2-3,6,10-11,14H,4-5,7-9,16H2,1H3/t10-,11-,14-/m0/s1. The summed E-state index contributed by atoms with van der Waals surface area (Å²) in [5, 5.41) is 1.99. The Hall–Kier alpha value is -1.40. The fourth-order valence-corrected chi connectivity index (χ4v) is 4.33. The van der Waals surface area contributed by atoms with Gasteiger partial charge in [0.05, 0.1) is 12.0 Å². The Kier molecular flexibility index (Phi) is 3.99. The molecule has 6 heteroatoms. The molecule has 3 atom stereocenters. The predicted molar refractivity (Wildman–Crippen MR) is 81.7 cm³/mol. The summed E-state index contributed by atoms with van der Waals surface area (Å²) in [6, 6.07) is 3.87. The zero-order chi connectivity index (χ0) is 15.0. The molecule has 2 N–H and O–H groups in total. The second-order valence-corrected chi connectivity index (χ2v) is 6.93. The summed E-state index contributed by atoms with van der Waals surface area (Å²) in [5.41, 5.74) is 5.70. The van der Waals surface area contributed by atoms with Gasteiger partial charge in [0.15, 0.2) is 0 Å². The molecule has 1 aromatic heterocycles. The van der Waals surface area contributed by atoms with Gasteiger partial charge in [0.2, 0.25) is 11.8 Å². The minimum atomic E-state index is -0.252. The number of nitrogens with two attached hydrogens (primary N) is 1. The number of thiophene rings is 1. The normalized spacial score (nSPS) is 29.4. The lowest BCUT2D eigenvalue weighted by Crippen LogP contribution is -2.37. The molecule has 3 rings (SSSR count). The third-order valence-corrected chi connectivity index (χ3v) is 5.61. The summed E-state index contributed by atoms with van der Waals surface area (Å²) < 4.78 is 0. The SMILES string of the molecule is CN1C(=O)C[C@H](C(=O)N2CC[C@@H](CN)C2)[C@H]1c1cccs1. The number of amides is 2. The number of likely N-dealkylation sites (tertiary alicyclic amines) is 2. The number of rotatable bonds is 3. The number of carbonyl (C=O) groups is 2. The Balaban J connectivity index is 1.80. The van der Waals surface area contributed by atoms with Crippen LogP contribution in [0, 0.1) is 11.8 Å². The molecule has 21 heavy (non-hydrogen) atoms. The topological polar surface area (TPSA) is 66.6 Å². The largest absolute Gasteiger partial charge is 0.342 e. The summed E-state index contributed by atoms with van der Waals surface area (Å²) >= 11 is 1.61. The molecule has 3 heterocycles. The molecule has 0 spiro atoms. The molecular formula is C15H21N3O2S. The highest BCUT2D eigenvalue weighted by molar-refractivity contribution is 7.10. The summed E-state index contributed by atoms with van der Waals surface area (Å²) in [4.78, 5) is 29.6. The van der Waals surface area contributed by atoms with E-state index in [1.807, 2.05) is 22.4 Å². The van der Waals surface area contributed by atoms with Crippen LogP contribution >= 0.6 is 11.3 Å². The van der Waals surface area contributed by atoms with Crippen molar-refractivity contribution in [1.82, 2.24) is 9.80 Å². The van der Waals surface area contributed by atoms with Crippen molar-refractivity contribution in [3.8, 4) is 0 Å². The first-order valence-corrected chi connectivity index (χ1v) is 8.27. The fourth-order valence-electron chi connectivity index (χ4n) is 3.40. The highest BCUT2D eigenvalue weighted by Crippen LogP contribution is 2.40. The first kappa shape index (κ1) is 14.5. The molecule has 5 nitrogen and oxygen atoms in total. The van der Waals surface area contributed by atoms with Crippen molar-refractivity contribution >= 4 is 23.2 Å². The van der Waals surface area contributed by atoms with Gasteiger partial charge >= 0.3 is 0 Å². The monoisotopic (exact) mass is 307 g/mol. The van der Waals surface area contributed by atoms with Gasteiger partial charge in [0.1, 0.15) is 0 Å². The third kappa shape index (κ3) is 2.58. The van der Waals surface area contributed by atoms with Crippen molar-refractivity contribution in [2.45, 2.75) is 18.9 Å². The maximum absolute atomic E-state index is 12.8. The van der Waals surface area contributed by atoms with Crippen LogP contribution in [0.5, 0.6) is 0 Å². The van der Waals surface area contributed by atoms with Crippen molar-refractivity contribution in [3.05, 3.63) is 22.4 Å². The fraction of sp³-hybridized carbons (Fsp3) is 0.600. The summed E-state index contributed by atoms with van der Waals surface area (Å²) in [6.07, 6.45) is 1.30. The smallest absolute Gasteiger partial charge is 0.228 e. The number of carbonyl (C=O) groups excluding carboxylic acids is 2. The highest BCUT2D eigenvalue weighted by Gasteiger charge is 2.45. The lowest BCUT2D eigenvalue weighted by atomic mass is 9.97. The molecule has 2 saturated heterocycles. The first-order valence-electron chi connectivity index (χ1n) is 7.39. The van der Waals surface area contributed by atoms with E-state index in [1.54, 1.807) is 23.3 Å². The summed E-state index contributed by atoms with van der Waals surface area (Å²) in [5.74, 6) is 0.324. The third-order valence-electron chi connectivity index (χ3n) is 4.67. The maximum Gasteiger partial charge on any atom is 0.228 e. The molecule has 0 unspecified atom stereocenters. The van der Waals surface area contributed by atoms with Gasteiger partial charge in [-0.1, -0.05) is 6.07 Å². The second-order valence-electron chi connectivity index (χ2n) is 5.95. The van der Waals surface area contributed by atoms with Gasteiger partial charge < -0.3 is 15.5 Å². The lowest BCUT2D eigenvalue weighted by Gasteiger charge is -2.26. The Morgan fingerprint density at radius 3 is 2.95 bits per heavy atom. The van der Waals surface area contributed by atoms with Gasteiger partial charge in [-0.25, -0.2) is 0 Å². The Morgan fingerprint density at radius 1 is 1.52 bits per heavy atom. The van der Waals surface area contributed by atoms with Gasteiger partial charge in [-0.2, -0.15) is 0 Å². The van der Waals surface area contributed by atoms with Crippen LogP contribution in [0.15, 0.2) is 17.5 Å². The summed E-state index contributed by atoms with van der Waals surface area (Å²) in [6.45, 7) is 2.13. The lowest BCUT2D eigenvalue weighted by molar-refractivity contribution is -0.135. The molecule has 114 valence electrons. The van der Waals surface area contributed by atoms with E-state index in [0.29, 0.717) is 18.9 Å². The number of hydrogen-bond donors (Lipinski definition) is 1. The van der Waals surface area contributed by atoms with E-state index < -0.39 is 0 Å². The zero-order valence-corrected chi connectivity index (χ0v) is 13.0. The Bertz CT molecular complexity index is 531. The van der Waals surface area contributed by atoms with Crippen LogP contribution in [-0.4, -0.2) is 48.3 Å². The second kappa shape index (κ2) is 5.77. The van der Waals surface area contributed by atoms with Crippen molar-refractivity contribution in [1.29, 1.82) is 0 Å². The molecule has 2 amide bonds. The van der Waals surface area contributed by atoms with Crippen LogP contribution in [0.1, 0.15) is 23.8 Å². The maximum atomic E-state index is 12.8. The minimum absolute atomic E-state index is 0.0568. The van der Waals surface area contributed by atoms with Crippen LogP contribution in [0.2, 0.25) is 0 Å². The highest BCUT2D eigenvalue weighted by atomic mass is 32.1. The average Bonchev–Trinajstić information content (AvgIpc) is 3.19. The molecule has 2 fully saturated rings. The van der Waals surface area contributed by atoms with Gasteiger partial charge in [-0.3, -0.25) is 9.59 Å². The van der Waals surface area contributed by atoms with Crippen molar-refractivity contribution < 1.29 is 9.59 Å². The minimum Gasteiger partial charge on any atom is -0.342 e. The molecule has 1 aromatic rings. The van der Waals surface area contributed by atoms with E-state index in [1.165, 1.54) is 0 Å². The molecule has 0 aliphatic carbocycles. The number of hydrogen-bond acceptors (Lipinski definition) is 4. The van der Waals surface area contributed by atoms with E-state index in [4.69, 9.17) is 5.73 Å². The molecule has 0 aromatic carbocycles. The van der Waals surface area contributed by atoms with E-state index in [9.17, 15) is 9.59 Å². The van der Waals surface area contributed by atoms with Crippen LogP contribution in [0.4, 0.5) is 0 Å². The molecule has 0 saturated carbocycles. The Morgan fingerprint density at radius 2 is 2.33 bits per heavy atom. The molecule has 0 bridgehead atoms. The predicted octanol–water partition coefficient (Wildman–Crippen LogP) is 1.07. The summed E-state index contributed by atoms with van der Waals surface area (Å²) in [7, 11) is 1.80. The average molecular weight is 307 g/mol. The molecule has 2 aliphatic heterocycles. The van der Waals surface area contributed by atoms with Crippen LogP contribution < -0.4 is 5.73 Å². The van der Waals surface area contributed by atoms with Crippen molar-refractivity contribution in [2.24, 2.45) is 17.6 Å². The first-order chi connectivity index (χ1) is 10.1. The number of nitrogens with zero attached hydrogens (tertiary/aromatic N) is 2. The van der Waals surface area contributed by atoms with Gasteiger partial charge in [-0.05, 0) is 30.3 Å². The van der Waals surface area contributed by atoms with Crippen LogP contribution in [0.25, 0.3) is 0 Å². The van der Waals surface area contributed by atoms with Gasteiger partial charge in [-0.15, -0.1) is 11.3 Å². The Labute approximate surface area is 128 Å². The zero-order valence-electron chi connectivity index (χ0n) is 12.2. The van der Waals surface area contributed by atoms with Crippen LogP contribution in [0.3, 0.4) is 0 Å². The molecule has 0 radical (unpaired) electrons. The van der Waals surface area contributed by atoms with Gasteiger partial charge in [0, 0.05) is 31.4 Å².